The van der Waals surface area contributed by atoms with Crippen LogP contribution in [0.2, 0.25) is 0 Å². The molecule has 0 unspecified atom stereocenters. The number of hydrogen-bond donors (Lipinski definition) is 2. The Bertz CT molecular complexity index is 3410. The van der Waals surface area contributed by atoms with E-state index >= 15 is 4.39 Å². The van der Waals surface area contributed by atoms with E-state index in [9.17, 15) is 42.3 Å². The molecule has 0 bridgehead atoms. The Kier molecular flexibility index (Phi) is 20.3. The summed E-state index contributed by atoms with van der Waals surface area (Å²) in [6.07, 6.45) is 8.41. The number of piperazine rings is 1. The minimum Gasteiger partial charge on any atom is -0.444 e. The number of likely N-dealkylation sites (tertiary alicyclic amines) is 3. The lowest BCUT2D eigenvalue weighted by Gasteiger charge is -2.42. The first-order valence-corrected chi connectivity index (χ1v) is 31.3. The van der Waals surface area contributed by atoms with Crippen molar-refractivity contribution in [2.75, 3.05) is 72.0 Å². The largest absolute Gasteiger partial charge is 0.444 e. The number of piperidine rings is 3. The van der Waals surface area contributed by atoms with Crippen molar-refractivity contribution < 1.29 is 51.4 Å². The molecule has 4 aromatic carbocycles. The van der Waals surface area contributed by atoms with Gasteiger partial charge in [-0.25, -0.2) is 23.1 Å². The number of hydrogen-bond acceptors (Lipinski definition) is 11. The van der Waals surface area contributed by atoms with Gasteiger partial charge in [-0.05, 0) is 133 Å². The van der Waals surface area contributed by atoms with E-state index in [-0.39, 0.29) is 110 Å². The van der Waals surface area contributed by atoms with Crippen LogP contribution in [0.25, 0.3) is 10.8 Å². The van der Waals surface area contributed by atoms with Crippen LogP contribution in [0.5, 0.6) is 0 Å². The minimum absolute atomic E-state index is 0.00879. The second-order valence-corrected chi connectivity index (χ2v) is 25.6. The van der Waals surface area contributed by atoms with Crippen molar-refractivity contribution >= 4 is 46.4 Å². The maximum absolute atomic E-state index is 15.2. The molecule has 1 saturated carbocycles. The summed E-state index contributed by atoms with van der Waals surface area (Å²) in [5.74, 6) is -3.59. The number of rotatable bonds is 16. The highest BCUT2D eigenvalue weighted by Crippen LogP contribution is 2.33. The molecule has 4 aliphatic heterocycles. The molecule has 0 spiro atoms. The number of nitrogens with one attached hydrogen (secondary N) is 2. The topological polar surface area (TPSA) is 198 Å². The van der Waals surface area contributed by atoms with Crippen LogP contribution in [0.4, 0.5) is 18.0 Å². The first-order valence-electron chi connectivity index (χ1n) is 31.3. The lowest BCUT2D eigenvalue weighted by atomic mass is 9.82. The quantitative estimate of drug-likeness (QED) is 0.0960. The molecule has 1 aromatic heterocycles. The summed E-state index contributed by atoms with van der Waals surface area (Å²) >= 11 is 0. The average Bonchev–Trinajstić information content (AvgIpc) is 2.24. The zero-order valence-electron chi connectivity index (χ0n) is 51.0. The second kappa shape index (κ2) is 28.2. The van der Waals surface area contributed by atoms with Gasteiger partial charge in [0.15, 0.2) is 0 Å². The van der Waals surface area contributed by atoms with Gasteiger partial charge in [-0.1, -0.05) is 61.7 Å². The normalized spacial score (nSPS) is 20.4. The van der Waals surface area contributed by atoms with Crippen LogP contribution >= 0.6 is 0 Å². The van der Waals surface area contributed by atoms with Gasteiger partial charge in [-0.15, -0.1) is 0 Å². The number of carbonyl (C=O) groups is 6. The van der Waals surface area contributed by atoms with E-state index in [0.717, 1.165) is 74.0 Å². The third-order valence-corrected chi connectivity index (χ3v) is 18.1. The molecular formula is C67H82F3N9O9. The van der Waals surface area contributed by atoms with E-state index in [0.29, 0.717) is 92.7 Å². The van der Waals surface area contributed by atoms with Crippen molar-refractivity contribution in [3.05, 3.63) is 146 Å². The second-order valence-electron chi connectivity index (χ2n) is 25.6. The number of benzene rings is 4. The summed E-state index contributed by atoms with van der Waals surface area (Å²) in [6.45, 7) is 10.6. The zero-order chi connectivity index (χ0) is 62.2. The number of fused-ring (bicyclic) bond motifs is 1. The van der Waals surface area contributed by atoms with Gasteiger partial charge in [0.1, 0.15) is 35.6 Å². The standard InChI is InChI=1S/C67H82F3N9O9/c1-43-34-52(87-51-23-27-74(28-24-51)41-59(80)75-30-32-76(33-31-75)64(84)55-35-44(19-22-56(55)69)36-58-53-17-8-9-18-54(53)63(83)73-72-58)25-29-79(43)65(85)61(45-12-6-5-7-13-45)71-62(82)47-15-10-14-46(37-47)48-16-11-26-77(39-48)60(81)42-78(66(86)88-67(2,3)4)40-49-20-21-50(68)38-57(49)70/h8-10,14-15,17-22,35,37-38,43,45,48,51-52,61H,5-7,11-13,16,23-34,36,39-42H2,1-4H3,(H,71,82)(H,73,83)/t43-,48-,52-,61-/m1/s1. The number of ether oxygens (including phenoxy) is 2. The molecule has 21 heteroatoms. The molecule has 5 fully saturated rings. The van der Waals surface area contributed by atoms with Crippen LogP contribution in [0, 0.1) is 23.4 Å². The van der Waals surface area contributed by atoms with Crippen LogP contribution in [-0.2, 0) is 36.8 Å². The fraction of sp³-hybridized carbons (Fsp3) is 0.522. The molecular weight excluding hydrogens is 1130 g/mol. The number of H-pyrrole nitrogens is 1. The Labute approximate surface area is 512 Å². The molecule has 10 rings (SSSR count). The first kappa shape index (κ1) is 63.4. The monoisotopic (exact) mass is 1210 g/mol. The van der Waals surface area contributed by atoms with Crippen molar-refractivity contribution in [3.63, 3.8) is 0 Å². The van der Waals surface area contributed by atoms with Crippen molar-refractivity contribution in [2.45, 2.75) is 147 Å². The molecule has 0 radical (unpaired) electrons. The highest BCUT2D eigenvalue weighted by Gasteiger charge is 2.40. The third-order valence-electron chi connectivity index (χ3n) is 18.1. The predicted octanol–water partition coefficient (Wildman–Crippen LogP) is 8.60. The summed E-state index contributed by atoms with van der Waals surface area (Å²) in [7, 11) is 0. The van der Waals surface area contributed by atoms with E-state index < -0.39 is 41.1 Å². The van der Waals surface area contributed by atoms with E-state index in [1.165, 1.54) is 12.1 Å². The third kappa shape index (κ3) is 15.8. The zero-order valence-corrected chi connectivity index (χ0v) is 51.0. The maximum atomic E-state index is 15.2. The van der Waals surface area contributed by atoms with E-state index in [4.69, 9.17) is 9.47 Å². The lowest BCUT2D eigenvalue weighted by molar-refractivity contribution is -0.143. The first-order chi connectivity index (χ1) is 42.2. The van der Waals surface area contributed by atoms with E-state index in [1.807, 2.05) is 42.2 Å². The minimum atomic E-state index is -0.886. The lowest BCUT2D eigenvalue weighted by Crippen LogP contribution is -2.57. The van der Waals surface area contributed by atoms with Crippen LogP contribution < -0.4 is 10.9 Å². The van der Waals surface area contributed by atoms with Crippen LogP contribution in [0.15, 0.2) is 89.7 Å². The number of nitrogens with zero attached hydrogens (tertiary/aromatic N) is 7. The highest BCUT2D eigenvalue weighted by molar-refractivity contribution is 5.98. The average molecular weight is 1210 g/mol. The molecule has 5 aromatic rings. The fourth-order valence-corrected chi connectivity index (χ4v) is 13.3. The SMILES string of the molecule is C[C@@H]1C[C@H](OC2CCN(CC(=O)N3CCN(C(=O)c4cc(Cc5n[nH]c(=O)c6ccccc56)ccc4F)CC3)CC2)CCN1C(=O)[C@H](NC(=O)c1cccc([C@@H]2CCCN(C(=O)CN(Cc3ccc(F)cc3F)C(=O)OC(C)(C)C)C2)c1)C1CCCCC1. The van der Waals surface area contributed by atoms with Gasteiger partial charge in [-0.2, -0.15) is 5.10 Å². The molecule has 5 aliphatic rings. The fourth-order valence-electron chi connectivity index (χ4n) is 13.3. The predicted molar refractivity (Wildman–Crippen MR) is 325 cm³/mol. The van der Waals surface area contributed by atoms with Gasteiger partial charge in [0.2, 0.25) is 17.7 Å². The molecule has 1 aliphatic carbocycles. The number of amides is 6. The van der Waals surface area contributed by atoms with Crippen molar-refractivity contribution in [1.29, 1.82) is 0 Å². The highest BCUT2D eigenvalue weighted by atomic mass is 19.1. The van der Waals surface area contributed by atoms with Crippen molar-refractivity contribution in [3.8, 4) is 0 Å². The Morgan fingerprint density at radius 1 is 0.727 bits per heavy atom. The summed E-state index contributed by atoms with van der Waals surface area (Å²) in [5.41, 5.74) is 1.37. The van der Waals surface area contributed by atoms with Crippen molar-refractivity contribution in [2.24, 2.45) is 5.92 Å². The Hall–Kier alpha value is -7.65. The molecule has 88 heavy (non-hydrogen) atoms. The van der Waals surface area contributed by atoms with Gasteiger partial charge in [0.05, 0.1) is 41.9 Å². The molecule has 18 nitrogen and oxygen atoms in total. The number of aromatic nitrogens is 2. The summed E-state index contributed by atoms with van der Waals surface area (Å²) in [4.78, 5) is 106. The van der Waals surface area contributed by atoms with Gasteiger partial charge in [0, 0.05) is 99.9 Å². The number of halogens is 3. The van der Waals surface area contributed by atoms with Gasteiger partial charge in [-0.3, -0.25) is 38.6 Å². The molecule has 2 N–H and O–H groups in total. The molecule has 4 atom stereocenters. The van der Waals surface area contributed by atoms with E-state index in [2.05, 4.69) is 20.4 Å². The van der Waals surface area contributed by atoms with Crippen LogP contribution in [0.1, 0.15) is 147 Å². The van der Waals surface area contributed by atoms with Gasteiger partial charge in [0.25, 0.3) is 17.4 Å². The molecule has 4 saturated heterocycles. The van der Waals surface area contributed by atoms with Crippen LogP contribution in [0.3, 0.4) is 0 Å². The molecule has 470 valence electrons. The summed E-state index contributed by atoms with van der Waals surface area (Å²) in [6, 6.07) is 21.2. The number of carbonyl (C=O) groups excluding carboxylic acids is 6. The Morgan fingerprint density at radius 2 is 1.45 bits per heavy atom. The van der Waals surface area contributed by atoms with Gasteiger partial charge < -0.3 is 34.4 Å². The maximum Gasteiger partial charge on any atom is 0.411 e. The van der Waals surface area contributed by atoms with E-state index in [1.54, 1.807) is 65.8 Å². The smallest absolute Gasteiger partial charge is 0.411 e. The summed E-state index contributed by atoms with van der Waals surface area (Å²) < 4.78 is 56.0. The Balaban J connectivity index is 0.677. The molecule has 5 heterocycles. The van der Waals surface area contributed by atoms with Crippen LogP contribution in [-0.4, -0.2) is 177 Å². The number of aromatic amines is 1. The summed E-state index contributed by atoms with van der Waals surface area (Å²) in [5, 5.41) is 11.2. The van der Waals surface area contributed by atoms with Crippen molar-refractivity contribution in [1.82, 2.24) is 44.9 Å². The molecule has 6 amide bonds. The Morgan fingerprint density at radius 3 is 2.18 bits per heavy atom. The van der Waals surface area contributed by atoms with Gasteiger partial charge >= 0.3 is 6.09 Å².